The number of rotatable bonds is 6. The molecule has 2 N–H and O–H groups in total. The van der Waals surface area contributed by atoms with Gasteiger partial charge in [0.15, 0.2) is 5.96 Å². The van der Waals surface area contributed by atoms with Crippen LogP contribution >= 0.6 is 0 Å². The number of piperazine rings is 1. The van der Waals surface area contributed by atoms with E-state index in [1.807, 2.05) is 36.4 Å². The number of ether oxygens (including phenoxy) is 1. The van der Waals surface area contributed by atoms with Crippen LogP contribution in [0.1, 0.15) is 15.9 Å². The summed E-state index contributed by atoms with van der Waals surface area (Å²) in [5.74, 6) is 0.570. The lowest BCUT2D eigenvalue weighted by molar-refractivity contribution is 0.0697. The Morgan fingerprint density at radius 3 is 2.45 bits per heavy atom. The summed E-state index contributed by atoms with van der Waals surface area (Å²) in [6.45, 7) is 3.84. The Morgan fingerprint density at radius 1 is 0.970 bits per heavy atom. The highest BCUT2D eigenvalue weighted by Crippen LogP contribution is 2.18. The molecule has 0 aromatic heterocycles. The van der Waals surface area contributed by atoms with Crippen molar-refractivity contribution in [3.63, 3.8) is 0 Å². The third-order valence-electron chi connectivity index (χ3n) is 5.61. The Balaban J connectivity index is 1.53. The zero-order valence-electron chi connectivity index (χ0n) is 18.6. The van der Waals surface area contributed by atoms with Crippen molar-refractivity contribution in [3.8, 4) is 5.75 Å². The summed E-state index contributed by atoms with van der Waals surface area (Å²) in [6.07, 6.45) is 0. The lowest BCUT2D eigenvalue weighted by Crippen LogP contribution is -2.50. The molecular weight excluding hydrogens is 416 g/mol. The van der Waals surface area contributed by atoms with Crippen LogP contribution in [0.3, 0.4) is 0 Å². The highest BCUT2D eigenvalue weighted by Gasteiger charge is 2.20. The lowest BCUT2D eigenvalue weighted by Gasteiger charge is -2.37. The van der Waals surface area contributed by atoms with E-state index >= 15 is 0 Å². The molecule has 7 heteroatoms. The van der Waals surface area contributed by atoms with Crippen LogP contribution in [0.5, 0.6) is 5.75 Å². The van der Waals surface area contributed by atoms with E-state index in [9.17, 15) is 9.90 Å². The SMILES string of the molecule is COc1cccc(CN=C(Nc2cccc(C(=O)O)c2)N2CCN(c3ccccc3)CC2)c1. The van der Waals surface area contributed by atoms with Crippen molar-refractivity contribution in [1.82, 2.24) is 4.90 Å². The largest absolute Gasteiger partial charge is 0.497 e. The van der Waals surface area contributed by atoms with Gasteiger partial charge in [0.25, 0.3) is 0 Å². The maximum Gasteiger partial charge on any atom is 0.335 e. The number of aliphatic imine (C=N–C) groups is 1. The fraction of sp³-hybridized carbons (Fsp3) is 0.231. The first-order valence-corrected chi connectivity index (χ1v) is 10.9. The first-order chi connectivity index (χ1) is 16.1. The number of aromatic carboxylic acids is 1. The minimum atomic E-state index is -0.954. The highest BCUT2D eigenvalue weighted by atomic mass is 16.5. The predicted octanol–water partition coefficient (Wildman–Crippen LogP) is 4.18. The van der Waals surface area contributed by atoms with Crippen LogP contribution in [-0.4, -0.2) is 55.2 Å². The second-order valence-corrected chi connectivity index (χ2v) is 7.81. The molecular formula is C26H28N4O3. The molecule has 0 aliphatic carbocycles. The molecule has 170 valence electrons. The van der Waals surface area contributed by atoms with Gasteiger partial charge in [0.1, 0.15) is 5.75 Å². The number of nitrogens with one attached hydrogen (secondary N) is 1. The number of carboxylic acids is 1. The molecule has 33 heavy (non-hydrogen) atoms. The standard InChI is InChI=1S/C26H28N4O3/c1-33-24-12-5-7-20(17-24)19-27-26(28-22-9-6-8-21(18-22)25(31)32)30-15-13-29(14-16-30)23-10-3-2-4-11-23/h2-12,17-18H,13-16,19H2,1H3,(H,27,28)(H,31,32). The molecule has 0 atom stereocenters. The number of guanidine groups is 1. The Kier molecular flexibility index (Phi) is 7.09. The number of carbonyl (C=O) groups is 1. The maximum absolute atomic E-state index is 11.4. The minimum Gasteiger partial charge on any atom is -0.497 e. The first kappa shape index (κ1) is 22.2. The summed E-state index contributed by atoms with van der Waals surface area (Å²) in [6, 6.07) is 25.0. The van der Waals surface area contributed by atoms with E-state index in [1.165, 1.54) is 5.69 Å². The smallest absolute Gasteiger partial charge is 0.335 e. The third-order valence-corrected chi connectivity index (χ3v) is 5.61. The molecule has 3 aromatic carbocycles. The molecule has 1 fully saturated rings. The molecule has 0 amide bonds. The Morgan fingerprint density at radius 2 is 1.73 bits per heavy atom. The summed E-state index contributed by atoms with van der Waals surface area (Å²) in [5, 5.41) is 12.7. The molecule has 3 aromatic rings. The van der Waals surface area contributed by atoms with Crippen molar-refractivity contribution < 1.29 is 14.6 Å². The fourth-order valence-corrected chi connectivity index (χ4v) is 3.83. The van der Waals surface area contributed by atoms with Crippen LogP contribution in [0.25, 0.3) is 0 Å². The van der Waals surface area contributed by atoms with Gasteiger partial charge >= 0.3 is 5.97 Å². The summed E-state index contributed by atoms with van der Waals surface area (Å²) >= 11 is 0. The van der Waals surface area contributed by atoms with Crippen LogP contribution in [0, 0.1) is 0 Å². The van der Waals surface area contributed by atoms with Gasteiger partial charge in [0.2, 0.25) is 0 Å². The number of para-hydroxylation sites is 1. The van der Waals surface area contributed by atoms with Crippen molar-refractivity contribution in [3.05, 3.63) is 90.0 Å². The van der Waals surface area contributed by atoms with Crippen LogP contribution < -0.4 is 15.0 Å². The second kappa shape index (κ2) is 10.5. The lowest BCUT2D eigenvalue weighted by atomic mass is 10.2. The highest BCUT2D eigenvalue weighted by molar-refractivity contribution is 5.96. The quantitative estimate of drug-likeness (QED) is 0.439. The van der Waals surface area contributed by atoms with Gasteiger partial charge in [0.05, 0.1) is 19.2 Å². The Bertz CT molecular complexity index is 1110. The topological polar surface area (TPSA) is 77.4 Å². The Labute approximate surface area is 193 Å². The molecule has 1 saturated heterocycles. The zero-order chi connectivity index (χ0) is 23.0. The van der Waals surface area contributed by atoms with E-state index in [0.29, 0.717) is 12.2 Å². The van der Waals surface area contributed by atoms with Crippen LogP contribution in [-0.2, 0) is 6.54 Å². The van der Waals surface area contributed by atoms with Crippen LogP contribution in [0.4, 0.5) is 11.4 Å². The zero-order valence-corrected chi connectivity index (χ0v) is 18.6. The van der Waals surface area contributed by atoms with Crippen molar-refractivity contribution in [2.75, 3.05) is 43.5 Å². The molecule has 1 aliphatic heterocycles. The number of anilines is 2. The normalized spacial score (nSPS) is 14.2. The summed E-state index contributed by atoms with van der Waals surface area (Å²) in [7, 11) is 1.65. The fourth-order valence-electron chi connectivity index (χ4n) is 3.83. The number of nitrogens with zero attached hydrogens (tertiary/aromatic N) is 3. The molecule has 0 bridgehead atoms. The third kappa shape index (κ3) is 5.83. The van der Waals surface area contributed by atoms with E-state index in [2.05, 4.69) is 39.4 Å². The van der Waals surface area contributed by atoms with Crippen LogP contribution in [0.15, 0.2) is 83.9 Å². The average molecular weight is 445 g/mol. The van der Waals surface area contributed by atoms with Crippen LogP contribution in [0.2, 0.25) is 0 Å². The van der Waals surface area contributed by atoms with E-state index < -0.39 is 5.97 Å². The minimum absolute atomic E-state index is 0.237. The van der Waals surface area contributed by atoms with Gasteiger partial charge in [-0.2, -0.15) is 0 Å². The van der Waals surface area contributed by atoms with Crippen molar-refractivity contribution in [1.29, 1.82) is 0 Å². The summed E-state index contributed by atoms with van der Waals surface area (Å²) < 4.78 is 5.33. The monoisotopic (exact) mass is 444 g/mol. The van der Waals surface area contributed by atoms with Crippen molar-refractivity contribution in [2.45, 2.75) is 6.54 Å². The molecule has 7 nitrogen and oxygen atoms in total. The van der Waals surface area contributed by atoms with Gasteiger partial charge in [0, 0.05) is 37.6 Å². The number of carboxylic acid groups (broad SMARTS) is 1. The van der Waals surface area contributed by atoms with Gasteiger partial charge in [-0.15, -0.1) is 0 Å². The van der Waals surface area contributed by atoms with Gasteiger partial charge in [-0.05, 0) is 48.0 Å². The number of hydrogen-bond acceptors (Lipinski definition) is 4. The summed E-state index contributed by atoms with van der Waals surface area (Å²) in [5.41, 5.74) is 3.19. The molecule has 0 saturated carbocycles. The van der Waals surface area contributed by atoms with Gasteiger partial charge < -0.3 is 25.0 Å². The van der Waals surface area contributed by atoms with Gasteiger partial charge in [-0.3, -0.25) is 0 Å². The molecule has 0 unspecified atom stereocenters. The molecule has 0 radical (unpaired) electrons. The molecule has 4 rings (SSSR count). The predicted molar refractivity (Wildman–Crippen MR) is 131 cm³/mol. The van der Waals surface area contributed by atoms with E-state index in [4.69, 9.17) is 9.73 Å². The maximum atomic E-state index is 11.4. The molecule has 0 spiro atoms. The molecule has 1 aliphatic rings. The number of benzene rings is 3. The van der Waals surface area contributed by atoms with Crippen molar-refractivity contribution in [2.24, 2.45) is 4.99 Å². The van der Waals surface area contributed by atoms with E-state index in [0.717, 1.165) is 43.5 Å². The Hall–Kier alpha value is -4.00. The number of methoxy groups -OCH3 is 1. The van der Waals surface area contributed by atoms with E-state index in [1.54, 1.807) is 25.3 Å². The second-order valence-electron chi connectivity index (χ2n) is 7.81. The molecule has 1 heterocycles. The average Bonchev–Trinajstić information content (AvgIpc) is 2.87. The first-order valence-electron chi connectivity index (χ1n) is 10.9. The summed E-state index contributed by atoms with van der Waals surface area (Å²) in [4.78, 5) is 20.8. The van der Waals surface area contributed by atoms with Crippen molar-refractivity contribution >= 4 is 23.3 Å². The van der Waals surface area contributed by atoms with Gasteiger partial charge in [-0.1, -0.05) is 36.4 Å². The van der Waals surface area contributed by atoms with E-state index in [-0.39, 0.29) is 5.56 Å². The van der Waals surface area contributed by atoms with Gasteiger partial charge in [-0.25, -0.2) is 9.79 Å². The number of hydrogen-bond donors (Lipinski definition) is 2.